The average Bonchev–Trinajstić information content (AvgIpc) is 2.85. The van der Waals surface area contributed by atoms with Crippen LogP contribution in [-0.2, 0) is 10.0 Å². The Morgan fingerprint density at radius 3 is 2.21 bits per heavy atom. The van der Waals surface area contributed by atoms with Gasteiger partial charge < -0.3 is 5.32 Å². The van der Waals surface area contributed by atoms with E-state index in [1.165, 1.54) is 11.4 Å². The fourth-order valence-corrected chi connectivity index (χ4v) is 3.38. The summed E-state index contributed by atoms with van der Waals surface area (Å²) in [7, 11) is -1.82. The molecule has 0 aromatic heterocycles. The van der Waals surface area contributed by atoms with Crippen LogP contribution in [0.15, 0.2) is 24.3 Å². The van der Waals surface area contributed by atoms with Gasteiger partial charge in [-0.05, 0) is 50.5 Å². The highest BCUT2D eigenvalue weighted by atomic mass is 32.2. The van der Waals surface area contributed by atoms with Crippen LogP contribution < -0.4 is 20.5 Å². The monoisotopic (exact) mass is 354 g/mol. The SMILES string of the molecule is CC1NNC(C)C1CCNC(=O)c1ccc(N(C)S(C)(=O)=O)cc1. The number of hydrazine groups is 1. The molecule has 8 heteroatoms. The van der Waals surface area contributed by atoms with Gasteiger partial charge in [0.2, 0.25) is 10.0 Å². The second-order valence-corrected chi connectivity index (χ2v) is 8.37. The maximum absolute atomic E-state index is 12.2. The minimum absolute atomic E-state index is 0.150. The van der Waals surface area contributed by atoms with E-state index in [1.807, 2.05) is 0 Å². The van der Waals surface area contributed by atoms with Crippen LogP contribution >= 0.6 is 0 Å². The van der Waals surface area contributed by atoms with E-state index >= 15 is 0 Å². The lowest BCUT2D eigenvalue weighted by molar-refractivity contribution is 0.0950. The Labute approximate surface area is 143 Å². The molecule has 1 aliphatic rings. The smallest absolute Gasteiger partial charge is 0.251 e. The predicted molar refractivity (Wildman–Crippen MR) is 95.3 cm³/mol. The van der Waals surface area contributed by atoms with Gasteiger partial charge in [0, 0.05) is 31.2 Å². The summed E-state index contributed by atoms with van der Waals surface area (Å²) in [6.07, 6.45) is 2.03. The lowest BCUT2D eigenvalue weighted by Crippen LogP contribution is -2.31. The van der Waals surface area contributed by atoms with Crippen molar-refractivity contribution in [3.63, 3.8) is 0 Å². The Morgan fingerprint density at radius 1 is 1.17 bits per heavy atom. The summed E-state index contributed by atoms with van der Waals surface area (Å²) in [6.45, 7) is 4.85. The number of rotatable bonds is 6. The highest BCUT2D eigenvalue weighted by Crippen LogP contribution is 2.18. The molecule has 24 heavy (non-hydrogen) atoms. The Bertz CT molecular complexity index is 665. The third-order valence-electron chi connectivity index (χ3n) is 4.58. The van der Waals surface area contributed by atoms with Crippen molar-refractivity contribution in [1.82, 2.24) is 16.2 Å². The number of carbonyl (C=O) groups is 1. The quantitative estimate of drug-likeness (QED) is 0.700. The fourth-order valence-electron chi connectivity index (χ4n) is 2.88. The zero-order chi connectivity index (χ0) is 17.9. The minimum atomic E-state index is -3.30. The first kappa shape index (κ1) is 18.7. The van der Waals surface area contributed by atoms with Crippen molar-refractivity contribution in [2.24, 2.45) is 5.92 Å². The summed E-state index contributed by atoms with van der Waals surface area (Å²) in [6, 6.07) is 7.29. The summed E-state index contributed by atoms with van der Waals surface area (Å²) in [5.41, 5.74) is 7.45. The third-order valence-corrected chi connectivity index (χ3v) is 5.78. The second kappa shape index (κ2) is 7.50. The summed E-state index contributed by atoms with van der Waals surface area (Å²) in [5, 5.41) is 2.92. The molecule has 1 fully saturated rings. The van der Waals surface area contributed by atoms with Crippen molar-refractivity contribution in [3.05, 3.63) is 29.8 Å². The molecule has 1 aliphatic heterocycles. The zero-order valence-corrected chi connectivity index (χ0v) is 15.4. The molecule has 134 valence electrons. The van der Waals surface area contributed by atoms with Gasteiger partial charge in [0.25, 0.3) is 5.91 Å². The molecule has 0 radical (unpaired) electrons. The van der Waals surface area contributed by atoms with Crippen LogP contribution in [0.1, 0.15) is 30.6 Å². The maximum Gasteiger partial charge on any atom is 0.251 e. The van der Waals surface area contributed by atoms with Gasteiger partial charge in [-0.25, -0.2) is 8.42 Å². The topological polar surface area (TPSA) is 90.5 Å². The van der Waals surface area contributed by atoms with Gasteiger partial charge in [-0.3, -0.25) is 20.0 Å². The predicted octanol–water partition coefficient (Wildman–Crippen LogP) is 0.703. The first-order valence-corrected chi connectivity index (χ1v) is 9.88. The highest BCUT2D eigenvalue weighted by Gasteiger charge is 2.29. The van der Waals surface area contributed by atoms with E-state index in [9.17, 15) is 13.2 Å². The summed E-state index contributed by atoms with van der Waals surface area (Å²) < 4.78 is 24.2. The first-order valence-electron chi connectivity index (χ1n) is 8.03. The summed E-state index contributed by atoms with van der Waals surface area (Å²) in [5.74, 6) is 0.318. The molecular weight excluding hydrogens is 328 g/mol. The molecule has 0 saturated carbocycles. The average molecular weight is 354 g/mol. The third kappa shape index (κ3) is 4.46. The molecule has 1 aromatic rings. The van der Waals surface area contributed by atoms with Gasteiger partial charge in [-0.15, -0.1) is 0 Å². The van der Waals surface area contributed by atoms with Crippen LogP contribution in [0, 0.1) is 5.92 Å². The second-order valence-electron chi connectivity index (χ2n) is 6.35. The molecule has 0 aliphatic carbocycles. The number of benzene rings is 1. The summed E-state index contributed by atoms with van der Waals surface area (Å²) >= 11 is 0. The van der Waals surface area contributed by atoms with Crippen molar-refractivity contribution in [1.29, 1.82) is 0 Å². The molecule has 2 unspecified atom stereocenters. The lowest BCUT2D eigenvalue weighted by atomic mass is 9.93. The van der Waals surface area contributed by atoms with E-state index in [4.69, 9.17) is 0 Å². The normalized spacial score (nSPS) is 23.9. The highest BCUT2D eigenvalue weighted by molar-refractivity contribution is 7.92. The number of amides is 1. The number of sulfonamides is 1. The first-order chi connectivity index (χ1) is 11.2. The Kier molecular flexibility index (Phi) is 5.84. The van der Waals surface area contributed by atoms with Gasteiger partial charge in [0.1, 0.15) is 0 Å². The van der Waals surface area contributed by atoms with Crippen LogP contribution in [0.25, 0.3) is 0 Å². The maximum atomic E-state index is 12.2. The van der Waals surface area contributed by atoms with Gasteiger partial charge in [-0.1, -0.05) is 0 Å². The molecule has 1 heterocycles. The van der Waals surface area contributed by atoms with E-state index in [0.717, 1.165) is 12.7 Å². The fraction of sp³-hybridized carbons (Fsp3) is 0.562. The van der Waals surface area contributed by atoms with E-state index in [2.05, 4.69) is 30.0 Å². The number of carbonyl (C=O) groups excluding carboxylic acids is 1. The molecule has 2 rings (SSSR count). The Morgan fingerprint density at radius 2 is 1.71 bits per heavy atom. The van der Waals surface area contributed by atoms with Crippen LogP contribution in [0.2, 0.25) is 0 Å². The van der Waals surface area contributed by atoms with Gasteiger partial charge in [0.15, 0.2) is 0 Å². The lowest BCUT2D eigenvalue weighted by Gasteiger charge is -2.18. The molecule has 3 N–H and O–H groups in total. The number of nitrogens with zero attached hydrogens (tertiary/aromatic N) is 1. The van der Waals surface area contributed by atoms with Gasteiger partial charge in [0.05, 0.1) is 11.9 Å². The van der Waals surface area contributed by atoms with Crippen LogP contribution in [0.4, 0.5) is 5.69 Å². The van der Waals surface area contributed by atoms with E-state index in [1.54, 1.807) is 24.3 Å². The number of hydrogen-bond acceptors (Lipinski definition) is 5. The summed E-state index contributed by atoms with van der Waals surface area (Å²) in [4.78, 5) is 12.2. The molecule has 1 saturated heterocycles. The molecule has 1 amide bonds. The standard InChI is InChI=1S/C16H26N4O3S/c1-11-15(12(2)19-18-11)9-10-17-16(21)13-5-7-14(8-6-13)20(3)24(4,22)23/h5-8,11-12,15,18-19H,9-10H2,1-4H3,(H,17,21). The van der Waals surface area contributed by atoms with E-state index in [0.29, 0.717) is 35.8 Å². The molecule has 2 atom stereocenters. The zero-order valence-electron chi connectivity index (χ0n) is 14.5. The van der Waals surface area contributed by atoms with Crippen molar-refractivity contribution in [2.75, 3.05) is 24.2 Å². The molecule has 0 bridgehead atoms. The molecule has 7 nitrogen and oxygen atoms in total. The molecular formula is C16H26N4O3S. The van der Waals surface area contributed by atoms with Gasteiger partial charge >= 0.3 is 0 Å². The number of anilines is 1. The van der Waals surface area contributed by atoms with Crippen LogP contribution in [0.3, 0.4) is 0 Å². The van der Waals surface area contributed by atoms with Crippen molar-refractivity contribution < 1.29 is 13.2 Å². The Balaban J connectivity index is 1.89. The van der Waals surface area contributed by atoms with Crippen molar-refractivity contribution in [3.8, 4) is 0 Å². The van der Waals surface area contributed by atoms with Crippen molar-refractivity contribution in [2.45, 2.75) is 32.4 Å². The van der Waals surface area contributed by atoms with E-state index in [-0.39, 0.29) is 5.91 Å². The number of hydrogen-bond donors (Lipinski definition) is 3. The van der Waals surface area contributed by atoms with Crippen LogP contribution in [-0.4, -0.2) is 46.3 Å². The van der Waals surface area contributed by atoms with Crippen LogP contribution in [0.5, 0.6) is 0 Å². The Hall–Kier alpha value is -1.64. The largest absolute Gasteiger partial charge is 0.352 e. The minimum Gasteiger partial charge on any atom is -0.352 e. The molecule has 1 aromatic carbocycles. The molecule has 0 spiro atoms. The van der Waals surface area contributed by atoms with E-state index < -0.39 is 10.0 Å². The van der Waals surface area contributed by atoms with Crippen molar-refractivity contribution >= 4 is 21.6 Å². The number of nitrogens with one attached hydrogen (secondary N) is 3. The van der Waals surface area contributed by atoms with Gasteiger partial charge in [-0.2, -0.15) is 0 Å².